The van der Waals surface area contributed by atoms with Gasteiger partial charge in [0.15, 0.2) is 5.76 Å². The lowest BCUT2D eigenvalue weighted by Crippen LogP contribution is -2.36. The zero-order chi connectivity index (χ0) is 21.9. The van der Waals surface area contributed by atoms with E-state index in [1.807, 2.05) is 49.5 Å². The van der Waals surface area contributed by atoms with Crippen molar-refractivity contribution in [1.82, 2.24) is 10.1 Å². The Morgan fingerprint density at radius 1 is 1.00 bits per heavy atom. The summed E-state index contributed by atoms with van der Waals surface area (Å²) < 4.78 is 11.0. The molecular weight excluding hydrogens is 402 g/mol. The molecule has 3 aromatic carbocycles. The van der Waals surface area contributed by atoms with Crippen molar-refractivity contribution in [3.05, 3.63) is 83.9 Å². The first-order valence-electron chi connectivity index (χ1n) is 10.8. The van der Waals surface area contributed by atoms with Crippen molar-refractivity contribution in [3.63, 3.8) is 0 Å². The number of benzene rings is 3. The van der Waals surface area contributed by atoms with Gasteiger partial charge in [-0.2, -0.15) is 0 Å². The predicted octanol–water partition coefficient (Wildman–Crippen LogP) is 4.60. The van der Waals surface area contributed by atoms with E-state index in [0.29, 0.717) is 17.9 Å². The third-order valence-corrected chi connectivity index (χ3v) is 5.84. The predicted molar refractivity (Wildman–Crippen MR) is 125 cm³/mol. The van der Waals surface area contributed by atoms with E-state index in [-0.39, 0.29) is 5.91 Å². The van der Waals surface area contributed by atoms with Gasteiger partial charge in [-0.25, -0.2) is 0 Å². The molecular formula is C26H25N3O3. The molecule has 1 fully saturated rings. The number of amides is 1. The van der Waals surface area contributed by atoms with Gasteiger partial charge < -0.3 is 19.1 Å². The molecule has 6 heteroatoms. The van der Waals surface area contributed by atoms with Crippen LogP contribution in [0, 0.1) is 0 Å². The highest BCUT2D eigenvalue weighted by molar-refractivity contribution is 6.00. The summed E-state index contributed by atoms with van der Waals surface area (Å²) in [6.07, 6.45) is 0. The Morgan fingerprint density at radius 2 is 1.75 bits per heavy atom. The number of carbonyl (C=O) groups is 1. The summed E-state index contributed by atoms with van der Waals surface area (Å²) in [5.74, 6) is 0.640. The fourth-order valence-corrected chi connectivity index (χ4v) is 4.07. The molecule has 2 heterocycles. The van der Waals surface area contributed by atoms with Gasteiger partial charge in [-0.1, -0.05) is 47.6 Å². The lowest BCUT2D eigenvalue weighted by Gasteiger charge is -2.29. The second kappa shape index (κ2) is 8.85. The molecule has 1 aromatic heterocycles. The molecule has 0 atom stereocenters. The third-order valence-electron chi connectivity index (χ3n) is 5.84. The Labute approximate surface area is 187 Å². The molecule has 0 N–H and O–H groups in total. The van der Waals surface area contributed by atoms with Crippen molar-refractivity contribution in [2.24, 2.45) is 0 Å². The number of carbonyl (C=O) groups excluding carboxylic acids is 1. The third kappa shape index (κ3) is 4.09. The average Bonchev–Trinajstić information content (AvgIpc) is 3.28. The molecule has 162 valence electrons. The lowest BCUT2D eigenvalue weighted by molar-refractivity contribution is 0.0785. The number of nitrogens with zero attached hydrogens (tertiary/aromatic N) is 3. The van der Waals surface area contributed by atoms with E-state index in [1.165, 1.54) is 5.69 Å². The lowest BCUT2D eigenvalue weighted by atomic mass is 10.1. The monoisotopic (exact) mass is 427 g/mol. The minimum absolute atomic E-state index is 0.0376. The highest BCUT2D eigenvalue weighted by Gasteiger charge is 2.17. The van der Waals surface area contributed by atoms with Gasteiger partial charge in [-0.15, -0.1) is 0 Å². The fraction of sp³-hybridized carbons (Fsp3) is 0.231. The molecule has 1 aliphatic heterocycles. The topological polar surface area (TPSA) is 58.8 Å². The number of fused-ring (bicyclic) bond motifs is 1. The van der Waals surface area contributed by atoms with Crippen LogP contribution in [0.15, 0.2) is 77.3 Å². The van der Waals surface area contributed by atoms with E-state index in [2.05, 4.69) is 34.3 Å². The maximum Gasteiger partial charge on any atom is 0.253 e. The van der Waals surface area contributed by atoms with E-state index in [9.17, 15) is 4.79 Å². The van der Waals surface area contributed by atoms with E-state index < -0.39 is 0 Å². The summed E-state index contributed by atoms with van der Waals surface area (Å²) in [5, 5.41) is 4.98. The first-order chi connectivity index (χ1) is 15.7. The maximum atomic E-state index is 13.1. The van der Waals surface area contributed by atoms with Crippen LogP contribution in [0.25, 0.3) is 22.2 Å². The normalized spacial score (nSPS) is 14.0. The van der Waals surface area contributed by atoms with Crippen molar-refractivity contribution in [2.75, 3.05) is 38.3 Å². The fourth-order valence-electron chi connectivity index (χ4n) is 4.07. The summed E-state index contributed by atoms with van der Waals surface area (Å²) >= 11 is 0. The van der Waals surface area contributed by atoms with Crippen molar-refractivity contribution in [3.8, 4) is 11.3 Å². The highest BCUT2D eigenvalue weighted by Crippen LogP contribution is 2.29. The van der Waals surface area contributed by atoms with Crippen LogP contribution >= 0.6 is 0 Å². The van der Waals surface area contributed by atoms with E-state index in [1.54, 1.807) is 11.0 Å². The van der Waals surface area contributed by atoms with E-state index >= 15 is 0 Å². The van der Waals surface area contributed by atoms with E-state index in [0.717, 1.165) is 48.3 Å². The van der Waals surface area contributed by atoms with Gasteiger partial charge in [0.2, 0.25) is 0 Å². The number of hydrogen-bond acceptors (Lipinski definition) is 5. The quantitative estimate of drug-likeness (QED) is 0.466. The largest absolute Gasteiger partial charge is 0.378 e. The summed E-state index contributed by atoms with van der Waals surface area (Å²) in [6, 6.07) is 23.7. The molecule has 0 saturated carbocycles. The number of morpholine rings is 1. The molecule has 32 heavy (non-hydrogen) atoms. The Bertz CT molecular complexity index is 1210. The second-order valence-corrected chi connectivity index (χ2v) is 8.04. The van der Waals surface area contributed by atoms with Crippen molar-refractivity contribution in [2.45, 2.75) is 6.54 Å². The molecule has 6 nitrogen and oxygen atoms in total. The number of hydrogen-bond donors (Lipinski definition) is 0. The summed E-state index contributed by atoms with van der Waals surface area (Å²) in [4.78, 5) is 17.2. The smallest absolute Gasteiger partial charge is 0.253 e. The van der Waals surface area contributed by atoms with Gasteiger partial charge in [-0.05, 0) is 35.9 Å². The molecule has 5 rings (SSSR count). The minimum Gasteiger partial charge on any atom is -0.378 e. The molecule has 0 bridgehead atoms. The van der Waals surface area contributed by atoms with Gasteiger partial charge in [-0.3, -0.25) is 4.79 Å². The zero-order valence-corrected chi connectivity index (χ0v) is 18.0. The van der Waals surface area contributed by atoms with Crippen LogP contribution in [0.1, 0.15) is 15.9 Å². The molecule has 0 radical (unpaired) electrons. The molecule has 1 aliphatic rings. The summed E-state index contributed by atoms with van der Waals surface area (Å²) in [5.41, 5.74) is 4.58. The summed E-state index contributed by atoms with van der Waals surface area (Å²) in [7, 11) is 1.83. The van der Waals surface area contributed by atoms with Gasteiger partial charge in [0.05, 0.1) is 18.6 Å². The van der Waals surface area contributed by atoms with Crippen molar-refractivity contribution >= 4 is 22.5 Å². The van der Waals surface area contributed by atoms with Gasteiger partial charge >= 0.3 is 0 Å². The first kappa shape index (κ1) is 20.3. The number of anilines is 1. The minimum atomic E-state index is -0.0376. The molecule has 1 amide bonds. The van der Waals surface area contributed by atoms with Gasteiger partial charge in [0.25, 0.3) is 5.91 Å². The van der Waals surface area contributed by atoms with Crippen molar-refractivity contribution in [1.29, 1.82) is 0 Å². The van der Waals surface area contributed by atoms with Crippen LogP contribution in [0.5, 0.6) is 0 Å². The summed E-state index contributed by atoms with van der Waals surface area (Å²) in [6.45, 7) is 3.89. The first-order valence-corrected chi connectivity index (χ1v) is 10.8. The van der Waals surface area contributed by atoms with Gasteiger partial charge in [0, 0.05) is 43.5 Å². The van der Waals surface area contributed by atoms with E-state index in [4.69, 9.17) is 9.26 Å². The van der Waals surface area contributed by atoms with Crippen molar-refractivity contribution < 1.29 is 14.1 Å². The number of aromatic nitrogens is 1. The molecule has 4 aromatic rings. The van der Waals surface area contributed by atoms with Gasteiger partial charge in [0.1, 0.15) is 5.52 Å². The van der Waals surface area contributed by atoms with Crippen LogP contribution in [-0.2, 0) is 11.3 Å². The Morgan fingerprint density at radius 3 is 2.50 bits per heavy atom. The Hall–Kier alpha value is -3.64. The SMILES string of the molecule is CN(Cc1ccc(N2CCOCC2)cc1)C(=O)c1ccc2noc(-c3ccccc3)c2c1. The molecule has 0 spiro atoms. The molecule has 1 saturated heterocycles. The van der Waals surface area contributed by atoms with Crippen LogP contribution < -0.4 is 4.90 Å². The van der Waals surface area contributed by atoms with Crippen LogP contribution in [0.3, 0.4) is 0 Å². The number of ether oxygens (including phenoxy) is 1. The second-order valence-electron chi connectivity index (χ2n) is 8.04. The molecule has 0 aliphatic carbocycles. The maximum absolute atomic E-state index is 13.1. The standard InChI is InChI=1S/C26H25N3O3/c1-28(18-19-7-10-22(11-8-19)29-13-15-31-16-14-29)26(30)21-9-12-24-23(17-21)25(32-27-24)20-5-3-2-4-6-20/h2-12,17H,13-16,18H2,1H3. The number of rotatable bonds is 5. The van der Waals surface area contributed by atoms with Crippen LogP contribution in [-0.4, -0.2) is 49.3 Å². The molecule has 0 unspecified atom stereocenters. The highest BCUT2D eigenvalue weighted by atomic mass is 16.5. The zero-order valence-electron chi connectivity index (χ0n) is 18.0. The Balaban J connectivity index is 1.32. The van der Waals surface area contributed by atoms with Crippen LogP contribution in [0.2, 0.25) is 0 Å². The average molecular weight is 428 g/mol. The van der Waals surface area contributed by atoms with Crippen LogP contribution in [0.4, 0.5) is 5.69 Å². The Kier molecular flexibility index (Phi) is 5.60.